The number of hydrogen-bond donors (Lipinski definition) is 2. The fraction of sp³-hybridized carbons (Fsp3) is 0.540. The van der Waals surface area contributed by atoms with Crippen molar-refractivity contribution in [3.8, 4) is 17.8 Å². The maximum Gasteiger partial charge on any atom is 2.00 e. The van der Waals surface area contributed by atoms with Gasteiger partial charge in [0.25, 0.3) is 0 Å². The first kappa shape index (κ1) is 78.9. The molecular formula is C50H72B2Br2Cl3Mg2N3NaO. The Labute approximate surface area is 486 Å². The molecule has 3 aliphatic rings. The zero-order chi connectivity index (χ0) is 43.2. The molecule has 0 saturated heterocycles. The number of nitriles is 1. The Morgan fingerprint density at radius 3 is 1.31 bits per heavy atom. The number of nitrogens with zero attached hydrogens (tertiary/aromatic N) is 2. The van der Waals surface area contributed by atoms with Gasteiger partial charge in [-0.15, -0.1) is 5.92 Å². The Kier molecular flexibility index (Phi) is 51.3. The van der Waals surface area contributed by atoms with Crippen molar-refractivity contribution < 1.29 is 70.1 Å². The quantitative estimate of drug-likeness (QED) is 0.147. The zero-order valence-corrected chi connectivity index (χ0v) is 49.9. The number of benzene rings is 3. The first-order valence-corrected chi connectivity index (χ1v) is 21.5. The topological polar surface area (TPSA) is 92.3 Å². The van der Waals surface area contributed by atoms with Gasteiger partial charge in [-0.2, -0.15) is 22.7 Å². The van der Waals surface area contributed by atoms with Crippen LogP contribution in [0.1, 0.15) is 145 Å². The van der Waals surface area contributed by atoms with Crippen LogP contribution < -0.4 is 69.3 Å². The summed E-state index contributed by atoms with van der Waals surface area (Å²) in [5.74, 6) is 6.38. The van der Waals surface area contributed by atoms with E-state index in [1.807, 2.05) is 48.5 Å². The Balaban J connectivity index is -0.000000108. The molecule has 14 heteroatoms. The van der Waals surface area contributed by atoms with Gasteiger partial charge in [0.15, 0.2) is 7.85 Å². The first-order valence-electron chi connectivity index (χ1n) is 20.4. The molecule has 0 heterocycles. The van der Waals surface area contributed by atoms with E-state index in [1.165, 1.54) is 36.8 Å². The summed E-state index contributed by atoms with van der Waals surface area (Å²) in [4.78, 5) is 0. The van der Waals surface area contributed by atoms with Crippen LogP contribution in [0.25, 0.3) is 5.41 Å². The second kappa shape index (κ2) is 41.6. The van der Waals surface area contributed by atoms with E-state index in [0.717, 1.165) is 72.7 Å². The van der Waals surface area contributed by atoms with Crippen molar-refractivity contribution in [3.63, 3.8) is 0 Å². The molecule has 0 bridgehead atoms. The Morgan fingerprint density at radius 2 is 1.08 bits per heavy atom. The van der Waals surface area contributed by atoms with Crippen molar-refractivity contribution in [3.05, 3.63) is 117 Å². The van der Waals surface area contributed by atoms with Gasteiger partial charge < -0.3 is 58.6 Å². The van der Waals surface area contributed by atoms with Crippen LogP contribution in [0.5, 0.6) is 0 Å². The normalized spacial score (nSPS) is 14.8. The third kappa shape index (κ3) is 25.6. The van der Waals surface area contributed by atoms with Crippen LogP contribution in [0.15, 0.2) is 72.8 Å². The fourth-order valence-corrected chi connectivity index (χ4v) is 7.71. The van der Waals surface area contributed by atoms with Gasteiger partial charge in [-0.25, -0.2) is 0 Å². The van der Waals surface area contributed by atoms with Gasteiger partial charge in [0.1, 0.15) is 0 Å². The van der Waals surface area contributed by atoms with Crippen LogP contribution in [-0.2, 0) is 16.2 Å². The SMILES string of the molecule is C.CC(C)CC(=[N-])C1(c2ccc(Cl)cc2)CCC1.CC(C)CC(N)C1(c2ccc(Cl)cc2)CCC1.CO.N#CC1(c2ccc(Cl)cc2)CCC1.[B].[B]C#CC.[Br-].[Br-].[CH2-]C(C)C.[H-].[Mg+2].[Mg+2].[Na+]. The summed E-state index contributed by atoms with van der Waals surface area (Å²) in [6.45, 7) is 18.2. The van der Waals surface area contributed by atoms with Gasteiger partial charge in [0, 0.05) is 42.0 Å². The average Bonchev–Trinajstić information content (AvgIpc) is 3.10. The number of aliphatic hydroxyl groups is 1. The molecule has 1 atom stereocenters. The van der Waals surface area contributed by atoms with Crippen LogP contribution in [0, 0.1) is 47.7 Å². The molecule has 6 rings (SSSR count). The summed E-state index contributed by atoms with van der Waals surface area (Å²) >= 11 is 17.7. The Morgan fingerprint density at radius 1 is 0.750 bits per heavy atom. The summed E-state index contributed by atoms with van der Waals surface area (Å²) in [6, 6.07) is 26.5. The molecule has 339 valence electrons. The van der Waals surface area contributed by atoms with Crippen molar-refractivity contribution >= 4 is 103 Å². The van der Waals surface area contributed by atoms with Crippen molar-refractivity contribution in [2.45, 2.75) is 149 Å². The van der Waals surface area contributed by atoms with Crippen LogP contribution in [0.4, 0.5) is 0 Å². The minimum Gasteiger partial charge on any atom is -1.00 e. The molecule has 0 aromatic heterocycles. The van der Waals surface area contributed by atoms with Crippen molar-refractivity contribution in [2.24, 2.45) is 23.5 Å². The third-order valence-electron chi connectivity index (χ3n) is 10.8. The summed E-state index contributed by atoms with van der Waals surface area (Å²) in [5.41, 5.74) is 10.7. The van der Waals surface area contributed by atoms with Crippen LogP contribution in [-0.4, -0.2) is 86.3 Å². The molecule has 3 fully saturated rings. The summed E-state index contributed by atoms with van der Waals surface area (Å²) in [7, 11) is 5.67. The van der Waals surface area contributed by atoms with E-state index in [1.54, 1.807) is 6.92 Å². The standard InChI is InChI=1S/C15H22ClN.C15H19ClN.C11H10ClN.C4H9.C3H3B.CH4O.CH4.B.2BrH.2Mg.Na.H/c2*1-11(2)10-14(17)15(8-3-9-15)12-4-6-13(16)7-5-12;12-10-4-2-9(3-5-10)11(8-13)6-1-7-11;1-4(2)3;1-2-3-4;1-2;;;;;;;;/h4-7,11,14H,3,8-10,17H2,1-2H3;4-7,11H,3,8-10H2,1-2H3;2-5H,1,6-7H2;4H,1H2,2-3H3;1H3;2H,1H3;1H4;;2*1H;;;;/q;-1;;-1;;;;;;;2*+2;+1;-1/p-2. The van der Waals surface area contributed by atoms with Gasteiger partial charge in [-0.1, -0.05) is 139 Å². The summed E-state index contributed by atoms with van der Waals surface area (Å²) < 4.78 is 0. The second-order valence-electron chi connectivity index (χ2n) is 16.6. The molecule has 64 heavy (non-hydrogen) atoms. The van der Waals surface area contributed by atoms with E-state index < -0.39 is 0 Å². The van der Waals surface area contributed by atoms with Gasteiger partial charge in [-0.3, -0.25) is 0 Å². The summed E-state index contributed by atoms with van der Waals surface area (Å²) in [6.07, 6.45) is 12.1. The molecule has 3 aromatic rings. The minimum absolute atomic E-state index is 0. The molecule has 0 aliphatic heterocycles. The van der Waals surface area contributed by atoms with E-state index in [0.29, 0.717) is 23.5 Å². The van der Waals surface area contributed by atoms with E-state index >= 15 is 0 Å². The van der Waals surface area contributed by atoms with Crippen LogP contribution in [0.2, 0.25) is 15.1 Å². The van der Waals surface area contributed by atoms with E-state index in [4.69, 9.17) is 50.9 Å². The average molecular weight is 1090 g/mol. The molecule has 1 unspecified atom stereocenters. The third-order valence-corrected chi connectivity index (χ3v) is 11.6. The molecule has 3 aromatic carbocycles. The minimum atomic E-state index is -0.204. The van der Waals surface area contributed by atoms with Gasteiger partial charge >= 0.3 is 75.7 Å². The molecule has 4 nitrogen and oxygen atoms in total. The molecule has 3 N–H and O–H groups in total. The summed E-state index contributed by atoms with van der Waals surface area (Å²) in [5, 5.41) is 28.8. The fourth-order valence-electron chi connectivity index (χ4n) is 7.34. The smallest absolute Gasteiger partial charge is 1.00 e. The molecule has 0 amide bonds. The largest absolute Gasteiger partial charge is 2.00 e. The second-order valence-corrected chi connectivity index (χ2v) is 17.9. The number of aliphatic hydroxyl groups excluding tert-OH is 1. The molecule has 3 aliphatic carbocycles. The maximum absolute atomic E-state index is 10.4. The predicted molar refractivity (Wildman–Crippen MR) is 274 cm³/mol. The van der Waals surface area contributed by atoms with Gasteiger partial charge in [0.05, 0.1) is 11.5 Å². The van der Waals surface area contributed by atoms with Crippen LogP contribution in [0.3, 0.4) is 0 Å². The van der Waals surface area contributed by atoms with Crippen molar-refractivity contribution in [1.82, 2.24) is 0 Å². The monoisotopic (exact) mass is 1090 g/mol. The molecule has 0 spiro atoms. The Bertz CT molecular complexity index is 1710. The number of halogens is 5. The van der Waals surface area contributed by atoms with Crippen molar-refractivity contribution in [2.75, 3.05) is 7.11 Å². The first-order chi connectivity index (χ1) is 27.0. The number of nitrogens with two attached hydrogens (primary N) is 1. The molecule has 5 radical (unpaired) electrons. The maximum atomic E-state index is 10.4. The zero-order valence-electron chi connectivity index (χ0n) is 40.6. The number of rotatable bonds is 9. The van der Waals surface area contributed by atoms with E-state index in [9.17, 15) is 5.41 Å². The van der Waals surface area contributed by atoms with E-state index in [2.05, 4.69) is 98.4 Å². The molecule has 3 saturated carbocycles. The number of hydrogen-bond acceptors (Lipinski definition) is 3. The van der Waals surface area contributed by atoms with Crippen molar-refractivity contribution in [1.29, 1.82) is 5.26 Å². The Hall–Kier alpha value is 0.792. The molecular weight excluding hydrogens is 1020 g/mol. The van der Waals surface area contributed by atoms with Crippen LogP contribution >= 0.6 is 34.8 Å². The van der Waals surface area contributed by atoms with Gasteiger partial charge in [-0.05, 0) is 129 Å². The van der Waals surface area contributed by atoms with E-state index in [-0.39, 0.29) is 149 Å². The predicted octanol–water partition coefficient (Wildman–Crippen LogP) is 4.08. The van der Waals surface area contributed by atoms with Gasteiger partial charge in [0.2, 0.25) is 0 Å².